The Bertz CT molecular complexity index is 512. The highest BCUT2D eigenvalue weighted by atomic mass is 127. The zero-order valence-electron chi connectivity index (χ0n) is 16.3. The number of rotatable bonds is 8. The van der Waals surface area contributed by atoms with Gasteiger partial charge in [0, 0.05) is 13.1 Å². The Labute approximate surface area is 174 Å². The molecule has 26 heavy (non-hydrogen) atoms. The van der Waals surface area contributed by atoms with E-state index in [9.17, 15) is 5.11 Å². The van der Waals surface area contributed by atoms with Crippen molar-refractivity contribution in [3.8, 4) is 0 Å². The summed E-state index contributed by atoms with van der Waals surface area (Å²) in [4.78, 5) is 7.10. The molecule has 6 nitrogen and oxygen atoms in total. The average Bonchev–Trinajstić information content (AvgIpc) is 3.14. The van der Waals surface area contributed by atoms with Crippen LogP contribution in [0.5, 0.6) is 0 Å². The molecule has 0 aliphatic carbocycles. The van der Waals surface area contributed by atoms with Gasteiger partial charge in [-0.2, -0.15) is 0 Å². The van der Waals surface area contributed by atoms with Gasteiger partial charge in [0.05, 0.1) is 12.8 Å². The molecule has 0 bridgehead atoms. The van der Waals surface area contributed by atoms with Gasteiger partial charge in [0.25, 0.3) is 0 Å². The number of guanidine groups is 1. The summed E-state index contributed by atoms with van der Waals surface area (Å²) in [5.74, 6) is 1.98. The molecule has 0 radical (unpaired) electrons. The molecular weight excluding hydrogens is 443 g/mol. The number of aliphatic hydroxyl groups is 1. The number of furan rings is 1. The van der Waals surface area contributed by atoms with Gasteiger partial charge < -0.3 is 25.1 Å². The van der Waals surface area contributed by atoms with Crippen LogP contribution in [0.4, 0.5) is 0 Å². The number of nitrogens with zero attached hydrogens (tertiary/aromatic N) is 2. The van der Waals surface area contributed by atoms with E-state index in [0.717, 1.165) is 19.0 Å². The van der Waals surface area contributed by atoms with E-state index in [1.807, 2.05) is 6.92 Å². The Hall–Kier alpha value is -0.800. The highest BCUT2D eigenvalue weighted by Crippen LogP contribution is 2.21. The predicted octanol–water partition coefficient (Wildman–Crippen LogP) is 2.78. The second-order valence-electron chi connectivity index (χ2n) is 7.11. The largest absolute Gasteiger partial charge is 0.466 e. The first-order chi connectivity index (χ1) is 12.0. The number of hydrogen-bond acceptors (Lipinski definition) is 4. The topological polar surface area (TPSA) is 73.0 Å². The molecule has 3 N–H and O–H groups in total. The molecular formula is C19H35IN4O2. The molecule has 7 heteroatoms. The van der Waals surface area contributed by atoms with E-state index >= 15 is 0 Å². The molecule has 0 spiro atoms. The molecule has 150 valence electrons. The number of hydrogen-bond donors (Lipinski definition) is 3. The van der Waals surface area contributed by atoms with Crippen LogP contribution in [0.3, 0.4) is 0 Å². The fourth-order valence-electron chi connectivity index (χ4n) is 3.21. The first-order valence-electron chi connectivity index (χ1n) is 9.56. The van der Waals surface area contributed by atoms with Crippen LogP contribution in [0.15, 0.2) is 27.8 Å². The van der Waals surface area contributed by atoms with Crippen molar-refractivity contribution in [2.24, 2.45) is 10.9 Å². The lowest BCUT2D eigenvalue weighted by atomic mass is 9.97. The van der Waals surface area contributed by atoms with Crippen LogP contribution in [0.25, 0.3) is 0 Å². The second-order valence-corrected chi connectivity index (χ2v) is 7.11. The van der Waals surface area contributed by atoms with Crippen LogP contribution < -0.4 is 10.6 Å². The SMILES string of the molecule is CCCN1CCC(CNC(=NCC(C)(O)c2ccco2)NCC)CC1.I. The molecule has 2 heterocycles. The maximum atomic E-state index is 10.5. The van der Waals surface area contributed by atoms with Crippen molar-refractivity contribution in [3.63, 3.8) is 0 Å². The monoisotopic (exact) mass is 478 g/mol. The van der Waals surface area contributed by atoms with E-state index in [1.54, 1.807) is 25.3 Å². The van der Waals surface area contributed by atoms with E-state index in [0.29, 0.717) is 11.7 Å². The standard InChI is InChI=1S/C19H34N4O2.HI/c1-4-10-23-11-8-16(9-12-23)14-21-18(20-5-2)22-15-19(3,24)17-7-6-13-25-17;/h6-7,13,16,24H,4-5,8-12,14-15H2,1-3H3,(H2,20,21,22);1H. The lowest BCUT2D eigenvalue weighted by Crippen LogP contribution is -2.43. The molecule has 1 aliphatic rings. The lowest BCUT2D eigenvalue weighted by molar-refractivity contribution is 0.0437. The summed E-state index contributed by atoms with van der Waals surface area (Å²) in [5, 5.41) is 17.2. The number of piperidine rings is 1. The lowest BCUT2D eigenvalue weighted by Gasteiger charge is -2.32. The molecule has 1 unspecified atom stereocenters. The quantitative estimate of drug-likeness (QED) is 0.305. The number of halogens is 1. The van der Waals surface area contributed by atoms with Crippen LogP contribution in [-0.2, 0) is 5.60 Å². The van der Waals surface area contributed by atoms with Crippen LogP contribution in [-0.4, -0.2) is 55.2 Å². The van der Waals surface area contributed by atoms with Gasteiger partial charge in [0.15, 0.2) is 5.96 Å². The zero-order chi connectivity index (χ0) is 18.1. The van der Waals surface area contributed by atoms with Crippen molar-refractivity contribution >= 4 is 29.9 Å². The Morgan fingerprint density at radius 2 is 2.08 bits per heavy atom. The van der Waals surface area contributed by atoms with Gasteiger partial charge in [0.1, 0.15) is 11.4 Å². The molecule has 0 saturated carbocycles. The second kappa shape index (κ2) is 11.8. The van der Waals surface area contributed by atoms with Gasteiger partial charge in [-0.15, -0.1) is 24.0 Å². The summed E-state index contributed by atoms with van der Waals surface area (Å²) in [5.41, 5.74) is -1.10. The van der Waals surface area contributed by atoms with Crippen molar-refractivity contribution in [3.05, 3.63) is 24.2 Å². The van der Waals surface area contributed by atoms with Crippen molar-refractivity contribution in [1.29, 1.82) is 0 Å². The Balaban J connectivity index is 0.00000338. The first-order valence-corrected chi connectivity index (χ1v) is 9.56. The summed E-state index contributed by atoms with van der Waals surface area (Å²) < 4.78 is 5.31. The Morgan fingerprint density at radius 1 is 1.35 bits per heavy atom. The molecule has 1 aliphatic heterocycles. The van der Waals surface area contributed by atoms with E-state index in [1.165, 1.54) is 38.9 Å². The summed E-state index contributed by atoms with van der Waals surface area (Å²) in [6.45, 7) is 11.6. The van der Waals surface area contributed by atoms with Crippen molar-refractivity contribution < 1.29 is 9.52 Å². The van der Waals surface area contributed by atoms with E-state index < -0.39 is 5.60 Å². The van der Waals surface area contributed by atoms with Gasteiger partial charge in [-0.1, -0.05) is 6.92 Å². The van der Waals surface area contributed by atoms with Crippen LogP contribution in [0.2, 0.25) is 0 Å². The third-order valence-electron chi connectivity index (χ3n) is 4.75. The molecule has 0 amide bonds. The molecule has 1 fully saturated rings. The maximum Gasteiger partial charge on any atom is 0.191 e. The number of nitrogens with one attached hydrogen (secondary N) is 2. The molecule has 1 atom stereocenters. The van der Waals surface area contributed by atoms with Crippen LogP contribution >= 0.6 is 24.0 Å². The average molecular weight is 478 g/mol. The highest BCUT2D eigenvalue weighted by Gasteiger charge is 2.26. The normalized spacial score (nSPS) is 18.8. The molecule has 2 rings (SSSR count). The van der Waals surface area contributed by atoms with Gasteiger partial charge >= 0.3 is 0 Å². The van der Waals surface area contributed by atoms with Gasteiger partial charge in [-0.3, -0.25) is 0 Å². The molecule has 0 aromatic carbocycles. The van der Waals surface area contributed by atoms with Crippen molar-refractivity contribution in [2.45, 2.75) is 45.6 Å². The first kappa shape index (κ1) is 23.2. The van der Waals surface area contributed by atoms with Crippen LogP contribution in [0.1, 0.15) is 45.8 Å². The molecule has 1 saturated heterocycles. The predicted molar refractivity (Wildman–Crippen MR) is 117 cm³/mol. The Kier molecular flexibility index (Phi) is 10.6. The molecule has 1 aromatic heterocycles. The fraction of sp³-hybridized carbons (Fsp3) is 0.737. The van der Waals surface area contributed by atoms with Gasteiger partial charge in [-0.05, 0) is 70.8 Å². The van der Waals surface area contributed by atoms with E-state index in [4.69, 9.17) is 4.42 Å². The summed E-state index contributed by atoms with van der Waals surface area (Å²) in [6, 6.07) is 3.56. The number of likely N-dealkylation sites (tertiary alicyclic amines) is 1. The van der Waals surface area contributed by atoms with Gasteiger partial charge in [0.2, 0.25) is 0 Å². The minimum absolute atomic E-state index is 0. The minimum atomic E-state index is -1.10. The summed E-state index contributed by atoms with van der Waals surface area (Å²) in [7, 11) is 0. The fourth-order valence-corrected chi connectivity index (χ4v) is 3.21. The van der Waals surface area contributed by atoms with Gasteiger partial charge in [-0.25, -0.2) is 4.99 Å². The summed E-state index contributed by atoms with van der Waals surface area (Å²) >= 11 is 0. The Morgan fingerprint density at radius 3 is 2.65 bits per heavy atom. The maximum absolute atomic E-state index is 10.5. The van der Waals surface area contributed by atoms with Crippen LogP contribution in [0, 0.1) is 5.92 Å². The minimum Gasteiger partial charge on any atom is -0.466 e. The summed E-state index contributed by atoms with van der Waals surface area (Å²) in [6.07, 6.45) is 5.27. The van der Waals surface area contributed by atoms with E-state index in [2.05, 4.69) is 27.4 Å². The number of aliphatic imine (C=N–C) groups is 1. The van der Waals surface area contributed by atoms with E-state index in [-0.39, 0.29) is 30.5 Å². The van der Waals surface area contributed by atoms with Crippen molar-refractivity contribution in [1.82, 2.24) is 15.5 Å². The van der Waals surface area contributed by atoms with Crippen molar-refractivity contribution in [2.75, 3.05) is 39.3 Å². The molecule has 1 aromatic rings. The third kappa shape index (κ3) is 7.44. The highest BCUT2D eigenvalue weighted by molar-refractivity contribution is 14.0. The zero-order valence-corrected chi connectivity index (χ0v) is 18.7. The third-order valence-corrected chi connectivity index (χ3v) is 4.75. The smallest absolute Gasteiger partial charge is 0.191 e.